The summed E-state index contributed by atoms with van der Waals surface area (Å²) in [6.07, 6.45) is 3.33. The second-order valence-electron chi connectivity index (χ2n) is 3.21. The highest BCUT2D eigenvalue weighted by molar-refractivity contribution is 9.10. The molecule has 5 heteroatoms. The Kier molecular flexibility index (Phi) is 3.74. The van der Waals surface area contributed by atoms with Gasteiger partial charge in [-0.1, -0.05) is 23.7 Å². The van der Waals surface area contributed by atoms with Gasteiger partial charge in [0.1, 0.15) is 10.4 Å². The molecule has 16 heavy (non-hydrogen) atoms. The van der Waals surface area contributed by atoms with Crippen LogP contribution in [0, 0.1) is 0 Å². The van der Waals surface area contributed by atoms with E-state index in [1.165, 1.54) is 0 Å². The highest BCUT2D eigenvalue weighted by atomic mass is 79.9. The molecule has 0 radical (unpaired) electrons. The quantitative estimate of drug-likeness (QED) is 0.942. The maximum atomic E-state index is 5.89. The predicted molar refractivity (Wildman–Crippen MR) is 68.5 cm³/mol. The van der Waals surface area contributed by atoms with Gasteiger partial charge in [0.15, 0.2) is 0 Å². The molecule has 0 spiro atoms. The van der Waals surface area contributed by atoms with Gasteiger partial charge < -0.3 is 5.32 Å². The van der Waals surface area contributed by atoms with Crippen molar-refractivity contribution in [1.82, 2.24) is 9.97 Å². The van der Waals surface area contributed by atoms with Gasteiger partial charge in [-0.05, 0) is 33.6 Å². The van der Waals surface area contributed by atoms with Crippen molar-refractivity contribution in [1.29, 1.82) is 0 Å². The molecule has 0 aliphatic heterocycles. The van der Waals surface area contributed by atoms with E-state index in [1.807, 2.05) is 24.3 Å². The molecule has 0 bridgehead atoms. The molecule has 0 atom stereocenters. The minimum absolute atomic E-state index is 0.677. The Morgan fingerprint density at radius 2 is 2.12 bits per heavy atom. The van der Waals surface area contributed by atoms with Gasteiger partial charge in [-0.3, -0.25) is 0 Å². The van der Waals surface area contributed by atoms with Gasteiger partial charge in [-0.25, -0.2) is 9.97 Å². The van der Waals surface area contributed by atoms with Crippen LogP contribution in [0.4, 0.5) is 5.82 Å². The lowest BCUT2D eigenvalue weighted by Gasteiger charge is -2.05. The van der Waals surface area contributed by atoms with Crippen LogP contribution in [-0.2, 0) is 6.54 Å². The number of nitrogens with one attached hydrogen (secondary N) is 1. The standard InChI is InChI=1S/C11H9BrClN3/c12-10-6-16-11(7-14-10)15-5-8-2-1-3-9(13)4-8/h1-4,6-7H,5H2,(H,15,16). The largest absolute Gasteiger partial charge is 0.365 e. The van der Waals surface area contributed by atoms with Crippen molar-refractivity contribution in [2.24, 2.45) is 0 Å². The van der Waals surface area contributed by atoms with Crippen molar-refractivity contribution in [3.63, 3.8) is 0 Å². The van der Waals surface area contributed by atoms with Crippen LogP contribution in [0.1, 0.15) is 5.56 Å². The third kappa shape index (κ3) is 3.18. The Bertz CT molecular complexity index is 473. The van der Waals surface area contributed by atoms with Gasteiger partial charge in [0.2, 0.25) is 0 Å². The third-order valence-corrected chi connectivity index (χ3v) is 2.63. The van der Waals surface area contributed by atoms with E-state index in [-0.39, 0.29) is 0 Å². The molecule has 0 fully saturated rings. The second kappa shape index (κ2) is 5.27. The number of nitrogens with zero attached hydrogens (tertiary/aromatic N) is 2. The van der Waals surface area contributed by atoms with E-state index < -0.39 is 0 Å². The van der Waals surface area contributed by atoms with Crippen molar-refractivity contribution >= 4 is 33.3 Å². The lowest BCUT2D eigenvalue weighted by atomic mass is 10.2. The monoisotopic (exact) mass is 297 g/mol. The fourth-order valence-electron chi connectivity index (χ4n) is 1.24. The molecule has 1 aromatic heterocycles. The van der Waals surface area contributed by atoms with E-state index in [0.717, 1.165) is 21.0 Å². The van der Waals surface area contributed by atoms with Crippen LogP contribution in [0.15, 0.2) is 41.3 Å². The fourth-order valence-corrected chi connectivity index (χ4v) is 1.66. The van der Waals surface area contributed by atoms with Crippen molar-refractivity contribution in [3.05, 3.63) is 51.8 Å². The van der Waals surface area contributed by atoms with Gasteiger partial charge in [0.05, 0.1) is 12.4 Å². The van der Waals surface area contributed by atoms with Gasteiger partial charge in [0, 0.05) is 11.6 Å². The first kappa shape index (κ1) is 11.4. The van der Waals surface area contributed by atoms with E-state index in [1.54, 1.807) is 12.4 Å². The summed E-state index contributed by atoms with van der Waals surface area (Å²) in [5, 5.41) is 3.90. The molecule has 2 aromatic rings. The smallest absolute Gasteiger partial charge is 0.144 e. The van der Waals surface area contributed by atoms with Crippen LogP contribution in [0.3, 0.4) is 0 Å². The fraction of sp³-hybridized carbons (Fsp3) is 0.0909. The molecule has 1 heterocycles. The van der Waals surface area contributed by atoms with Crippen molar-refractivity contribution in [2.45, 2.75) is 6.54 Å². The van der Waals surface area contributed by atoms with Crippen molar-refractivity contribution < 1.29 is 0 Å². The SMILES string of the molecule is Clc1cccc(CNc2cnc(Br)cn2)c1. The Labute approximate surface area is 107 Å². The molecule has 0 unspecified atom stereocenters. The summed E-state index contributed by atoms with van der Waals surface area (Å²) < 4.78 is 0.723. The summed E-state index contributed by atoms with van der Waals surface area (Å²) in [7, 11) is 0. The van der Waals surface area contributed by atoms with E-state index in [0.29, 0.717) is 6.54 Å². The molecule has 1 N–H and O–H groups in total. The van der Waals surface area contributed by atoms with Crippen LogP contribution < -0.4 is 5.32 Å². The van der Waals surface area contributed by atoms with Crippen LogP contribution in [0.5, 0.6) is 0 Å². The molecule has 82 valence electrons. The molecule has 0 aliphatic carbocycles. The molecule has 3 nitrogen and oxygen atoms in total. The summed E-state index contributed by atoms with van der Waals surface area (Å²) in [5.74, 6) is 0.739. The summed E-state index contributed by atoms with van der Waals surface area (Å²) in [4.78, 5) is 8.24. The highest BCUT2D eigenvalue weighted by Gasteiger charge is 1.96. The first-order valence-corrected chi connectivity index (χ1v) is 5.87. The number of halogens is 2. The zero-order valence-electron chi connectivity index (χ0n) is 8.32. The maximum Gasteiger partial charge on any atom is 0.144 e. The number of hydrogen-bond acceptors (Lipinski definition) is 3. The topological polar surface area (TPSA) is 37.8 Å². The molecular formula is C11H9BrClN3. The summed E-state index contributed by atoms with van der Waals surface area (Å²) in [5.41, 5.74) is 1.11. The van der Waals surface area contributed by atoms with Gasteiger partial charge >= 0.3 is 0 Å². The molecular weight excluding hydrogens is 289 g/mol. The molecule has 2 rings (SSSR count). The Morgan fingerprint density at radius 3 is 2.81 bits per heavy atom. The predicted octanol–water partition coefficient (Wildman–Crippen LogP) is 3.50. The number of rotatable bonds is 3. The average molecular weight is 299 g/mol. The third-order valence-electron chi connectivity index (χ3n) is 1.98. The zero-order valence-corrected chi connectivity index (χ0v) is 10.7. The minimum Gasteiger partial charge on any atom is -0.365 e. The van der Waals surface area contributed by atoms with Crippen LogP contribution >= 0.6 is 27.5 Å². The Morgan fingerprint density at radius 1 is 1.25 bits per heavy atom. The first-order valence-electron chi connectivity index (χ1n) is 4.70. The van der Waals surface area contributed by atoms with Gasteiger partial charge in [-0.2, -0.15) is 0 Å². The Balaban J connectivity index is 1.99. The lowest BCUT2D eigenvalue weighted by molar-refractivity contribution is 1.08. The lowest BCUT2D eigenvalue weighted by Crippen LogP contribution is -2.01. The van der Waals surface area contributed by atoms with Crippen LogP contribution in [0.25, 0.3) is 0 Å². The Hall–Kier alpha value is -1.13. The number of benzene rings is 1. The molecule has 0 saturated carbocycles. The molecule has 0 saturated heterocycles. The number of anilines is 1. The van der Waals surface area contributed by atoms with Gasteiger partial charge in [0.25, 0.3) is 0 Å². The zero-order chi connectivity index (χ0) is 11.4. The van der Waals surface area contributed by atoms with Gasteiger partial charge in [-0.15, -0.1) is 0 Å². The van der Waals surface area contributed by atoms with Crippen LogP contribution in [-0.4, -0.2) is 9.97 Å². The summed E-state index contributed by atoms with van der Waals surface area (Å²) in [6, 6.07) is 7.70. The number of aromatic nitrogens is 2. The highest BCUT2D eigenvalue weighted by Crippen LogP contribution is 2.12. The molecule has 0 aliphatic rings. The maximum absolute atomic E-state index is 5.89. The molecule has 1 aromatic carbocycles. The van der Waals surface area contributed by atoms with Crippen LogP contribution in [0.2, 0.25) is 5.02 Å². The normalized spacial score (nSPS) is 10.1. The molecule has 0 amide bonds. The van der Waals surface area contributed by atoms with E-state index >= 15 is 0 Å². The summed E-state index contributed by atoms with van der Waals surface area (Å²) >= 11 is 9.12. The number of hydrogen-bond donors (Lipinski definition) is 1. The minimum atomic E-state index is 0.677. The van der Waals surface area contributed by atoms with E-state index in [4.69, 9.17) is 11.6 Å². The van der Waals surface area contributed by atoms with Crippen molar-refractivity contribution in [3.8, 4) is 0 Å². The van der Waals surface area contributed by atoms with Crippen molar-refractivity contribution in [2.75, 3.05) is 5.32 Å². The summed E-state index contributed by atoms with van der Waals surface area (Å²) in [6.45, 7) is 0.677. The average Bonchev–Trinajstić information content (AvgIpc) is 2.28. The second-order valence-corrected chi connectivity index (χ2v) is 4.46. The van der Waals surface area contributed by atoms with E-state index in [9.17, 15) is 0 Å². The first-order chi connectivity index (χ1) is 7.74. The van der Waals surface area contributed by atoms with E-state index in [2.05, 4.69) is 31.2 Å².